The number of likely N-dealkylation sites (N-methyl/N-ethyl adjacent to an activating group) is 1. The van der Waals surface area contributed by atoms with Crippen LogP contribution in [-0.4, -0.2) is 48.7 Å². The summed E-state index contributed by atoms with van der Waals surface area (Å²) in [5.74, 6) is -0.359. The molecule has 6 heteroatoms. The van der Waals surface area contributed by atoms with E-state index in [9.17, 15) is 9.90 Å². The average molecular weight is 261 g/mol. The first kappa shape index (κ1) is 14.0. The minimum Gasteiger partial charge on any atom is -0.452 e. The summed E-state index contributed by atoms with van der Waals surface area (Å²) in [6.07, 6.45) is 1.34. The molecule has 0 aliphatic rings. The van der Waals surface area contributed by atoms with Crippen molar-refractivity contribution in [3.63, 3.8) is 0 Å². The molecule has 1 aromatic heterocycles. The van der Waals surface area contributed by atoms with Crippen molar-refractivity contribution in [2.75, 3.05) is 27.2 Å². The van der Waals surface area contributed by atoms with Crippen LogP contribution in [0, 0.1) is 0 Å². The van der Waals surface area contributed by atoms with Crippen molar-refractivity contribution in [1.82, 2.24) is 10.2 Å². The summed E-state index contributed by atoms with van der Waals surface area (Å²) in [5.41, 5.74) is -0.720. The van der Waals surface area contributed by atoms with Crippen molar-refractivity contribution in [3.05, 3.63) is 23.1 Å². The zero-order valence-corrected chi connectivity index (χ0v) is 10.9. The number of hydrogen-bond acceptors (Lipinski definition) is 4. The first-order valence-electron chi connectivity index (χ1n) is 5.20. The third-order valence-corrected chi connectivity index (χ3v) is 2.44. The smallest absolute Gasteiger partial charge is 0.256 e. The minimum absolute atomic E-state index is 0.0507. The standard InChI is InChI=1S/C11H17ClN2O3/c1-11(16,7-14(2)3)6-13-10(15)8-4-5-17-9(8)12/h4-5,16H,6-7H2,1-3H3,(H,13,15). The highest BCUT2D eigenvalue weighted by atomic mass is 35.5. The lowest BCUT2D eigenvalue weighted by atomic mass is 10.1. The summed E-state index contributed by atoms with van der Waals surface area (Å²) < 4.78 is 4.82. The Hall–Kier alpha value is -1.04. The Morgan fingerprint density at radius 1 is 1.65 bits per heavy atom. The maximum absolute atomic E-state index is 11.7. The van der Waals surface area contributed by atoms with E-state index in [-0.39, 0.29) is 23.2 Å². The molecule has 0 aliphatic heterocycles. The van der Waals surface area contributed by atoms with Crippen molar-refractivity contribution in [3.8, 4) is 0 Å². The highest BCUT2D eigenvalue weighted by molar-refractivity contribution is 6.32. The SMILES string of the molecule is CN(C)CC(C)(O)CNC(=O)c1ccoc1Cl. The molecular formula is C11H17ClN2O3. The second-order valence-corrected chi connectivity index (χ2v) is 4.87. The van der Waals surface area contributed by atoms with Gasteiger partial charge in [0.2, 0.25) is 5.22 Å². The van der Waals surface area contributed by atoms with Gasteiger partial charge < -0.3 is 19.7 Å². The zero-order chi connectivity index (χ0) is 13.1. The predicted octanol–water partition coefficient (Wildman–Crippen LogP) is 0.975. The van der Waals surface area contributed by atoms with E-state index >= 15 is 0 Å². The predicted molar refractivity (Wildman–Crippen MR) is 65.2 cm³/mol. The van der Waals surface area contributed by atoms with Crippen LogP contribution >= 0.6 is 11.6 Å². The summed E-state index contributed by atoms with van der Waals surface area (Å²) in [4.78, 5) is 13.5. The Bertz CT molecular complexity index is 388. The summed E-state index contributed by atoms with van der Waals surface area (Å²) in [7, 11) is 3.70. The van der Waals surface area contributed by atoms with Crippen LogP contribution in [0.1, 0.15) is 17.3 Å². The molecule has 1 heterocycles. The Kier molecular flexibility index (Phi) is 4.56. The third-order valence-electron chi connectivity index (χ3n) is 2.15. The molecule has 96 valence electrons. The second kappa shape index (κ2) is 5.53. The van der Waals surface area contributed by atoms with Crippen LogP contribution < -0.4 is 5.32 Å². The molecule has 0 bridgehead atoms. The van der Waals surface area contributed by atoms with Crippen LogP contribution in [0.2, 0.25) is 5.22 Å². The number of carbonyl (C=O) groups is 1. The van der Waals surface area contributed by atoms with Gasteiger partial charge in [0.15, 0.2) is 0 Å². The fourth-order valence-corrected chi connectivity index (χ4v) is 1.76. The summed E-state index contributed by atoms with van der Waals surface area (Å²) in [6.45, 7) is 2.25. The molecule has 0 spiro atoms. The van der Waals surface area contributed by atoms with Gasteiger partial charge in [0.25, 0.3) is 5.91 Å². The van der Waals surface area contributed by atoms with Gasteiger partial charge in [-0.3, -0.25) is 4.79 Å². The van der Waals surface area contributed by atoms with Gasteiger partial charge in [-0.1, -0.05) is 0 Å². The first-order chi connectivity index (χ1) is 7.82. The van der Waals surface area contributed by atoms with Crippen LogP contribution in [0.4, 0.5) is 0 Å². The lowest BCUT2D eigenvalue weighted by Crippen LogP contribution is -2.47. The molecule has 0 saturated heterocycles. The maximum atomic E-state index is 11.7. The lowest BCUT2D eigenvalue weighted by molar-refractivity contribution is 0.0326. The molecule has 1 atom stereocenters. The number of halogens is 1. The summed E-state index contributed by atoms with van der Waals surface area (Å²) >= 11 is 5.67. The number of hydrogen-bond donors (Lipinski definition) is 2. The largest absolute Gasteiger partial charge is 0.452 e. The molecule has 0 aromatic carbocycles. The van der Waals surface area contributed by atoms with E-state index in [0.29, 0.717) is 6.54 Å². The Balaban J connectivity index is 2.51. The van der Waals surface area contributed by atoms with Crippen molar-refractivity contribution in [1.29, 1.82) is 0 Å². The zero-order valence-electron chi connectivity index (χ0n) is 10.2. The van der Waals surface area contributed by atoms with Gasteiger partial charge in [0.1, 0.15) is 0 Å². The van der Waals surface area contributed by atoms with E-state index in [1.165, 1.54) is 12.3 Å². The molecule has 0 aliphatic carbocycles. The second-order valence-electron chi connectivity index (χ2n) is 4.53. The quantitative estimate of drug-likeness (QED) is 0.828. The molecule has 0 radical (unpaired) electrons. The van der Waals surface area contributed by atoms with Crippen LogP contribution in [0.5, 0.6) is 0 Å². The van der Waals surface area contributed by atoms with Crippen LogP contribution in [0.3, 0.4) is 0 Å². The van der Waals surface area contributed by atoms with Gasteiger partial charge in [-0.2, -0.15) is 0 Å². The van der Waals surface area contributed by atoms with E-state index in [2.05, 4.69) is 5.32 Å². The molecular weight excluding hydrogens is 244 g/mol. The maximum Gasteiger partial charge on any atom is 0.256 e. The van der Waals surface area contributed by atoms with E-state index in [1.54, 1.807) is 6.92 Å². The van der Waals surface area contributed by atoms with Gasteiger partial charge in [-0.05, 0) is 38.7 Å². The molecule has 1 rings (SSSR count). The van der Waals surface area contributed by atoms with Crippen LogP contribution in [0.15, 0.2) is 16.7 Å². The fourth-order valence-electron chi connectivity index (χ4n) is 1.56. The first-order valence-corrected chi connectivity index (χ1v) is 5.58. The van der Waals surface area contributed by atoms with E-state index in [4.69, 9.17) is 16.0 Å². The Labute approximate surface area is 105 Å². The number of amides is 1. The molecule has 2 N–H and O–H groups in total. The molecule has 17 heavy (non-hydrogen) atoms. The van der Waals surface area contributed by atoms with Crippen molar-refractivity contribution in [2.24, 2.45) is 0 Å². The fraction of sp³-hybridized carbons (Fsp3) is 0.545. The normalized spacial score (nSPS) is 14.7. The number of furan rings is 1. The average Bonchev–Trinajstić information content (AvgIpc) is 2.59. The molecule has 5 nitrogen and oxygen atoms in total. The van der Waals surface area contributed by atoms with Gasteiger partial charge in [0, 0.05) is 13.1 Å². The number of nitrogens with one attached hydrogen (secondary N) is 1. The van der Waals surface area contributed by atoms with Gasteiger partial charge >= 0.3 is 0 Å². The monoisotopic (exact) mass is 260 g/mol. The van der Waals surface area contributed by atoms with Crippen molar-refractivity contribution in [2.45, 2.75) is 12.5 Å². The molecule has 1 unspecified atom stereocenters. The van der Waals surface area contributed by atoms with Gasteiger partial charge in [-0.15, -0.1) is 0 Å². The number of aliphatic hydroxyl groups is 1. The van der Waals surface area contributed by atoms with E-state index in [0.717, 1.165) is 0 Å². The molecule has 1 amide bonds. The number of rotatable bonds is 5. The lowest BCUT2D eigenvalue weighted by Gasteiger charge is -2.26. The number of nitrogens with zero attached hydrogens (tertiary/aromatic N) is 1. The van der Waals surface area contributed by atoms with Gasteiger partial charge in [-0.25, -0.2) is 0 Å². The third kappa shape index (κ3) is 4.38. The van der Waals surface area contributed by atoms with E-state index < -0.39 is 5.60 Å². The molecule has 0 saturated carbocycles. The minimum atomic E-state index is -0.991. The van der Waals surface area contributed by atoms with Crippen LogP contribution in [-0.2, 0) is 0 Å². The summed E-state index contributed by atoms with van der Waals surface area (Å²) in [6, 6.07) is 1.48. The van der Waals surface area contributed by atoms with Crippen molar-refractivity contribution < 1.29 is 14.3 Å². The van der Waals surface area contributed by atoms with E-state index in [1.807, 2.05) is 19.0 Å². The summed E-state index contributed by atoms with van der Waals surface area (Å²) in [5, 5.41) is 12.6. The topological polar surface area (TPSA) is 65.7 Å². The van der Waals surface area contributed by atoms with Gasteiger partial charge in [0.05, 0.1) is 17.4 Å². The number of carbonyl (C=O) groups excluding carboxylic acids is 1. The van der Waals surface area contributed by atoms with Crippen LogP contribution in [0.25, 0.3) is 0 Å². The highest BCUT2D eigenvalue weighted by Crippen LogP contribution is 2.16. The Morgan fingerprint density at radius 3 is 2.76 bits per heavy atom. The highest BCUT2D eigenvalue weighted by Gasteiger charge is 2.23. The molecule has 0 fully saturated rings. The Morgan fingerprint density at radius 2 is 2.29 bits per heavy atom. The van der Waals surface area contributed by atoms with Crippen molar-refractivity contribution >= 4 is 17.5 Å². The molecule has 1 aromatic rings.